The third-order valence-electron chi connectivity index (χ3n) is 5.22. The van der Waals surface area contributed by atoms with Crippen LogP contribution in [0.25, 0.3) is 0 Å². The first kappa shape index (κ1) is 20.3. The van der Waals surface area contributed by atoms with Gasteiger partial charge in [0.15, 0.2) is 5.76 Å². The molecule has 2 N–H and O–H groups in total. The molecule has 1 aliphatic heterocycles. The van der Waals surface area contributed by atoms with Crippen LogP contribution in [0.1, 0.15) is 33.8 Å². The van der Waals surface area contributed by atoms with E-state index in [1.807, 2.05) is 0 Å². The molecule has 158 valence electrons. The molecule has 0 bridgehead atoms. The molecule has 3 heterocycles. The number of hydrogen-bond donors (Lipinski definition) is 2. The number of piperidine rings is 1. The molecule has 0 unspecified atom stereocenters. The molecule has 3 amide bonds. The Kier molecular flexibility index (Phi) is 6.07. The SMILES string of the molecule is O=C(Nc1ccncc1)c1cccc(NC(=O)C2CCN(C(=O)c3ccco3)CC2)c1. The molecule has 31 heavy (non-hydrogen) atoms. The van der Waals surface area contributed by atoms with Crippen LogP contribution in [-0.2, 0) is 4.79 Å². The average molecular weight is 418 g/mol. The summed E-state index contributed by atoms with van der Waals surface area (Å²) >= 11 is 0. The van der Waals surface area contributed by atoms with Gasteiger partial charge in [-0.1, -0.05) is 6.07 Å². The molecule has 0 atom stereocenters. The van der Waals surface area contributed by atoms with Gasteiger partial charge < -0.3 is 20.0 Å². The van der Waals surface area contributed by atoms with E-state index in [2.05, 4.69) is 15.6 Å². The zero-order valence-corrected chi connectivity index (χ0v) is 16.8. The van der Waals surface area contributed by atoms with E-state index < -0.39 is 0 Å². The highest BCUT2D eigenvalue weighted by Gasteiger charge is 2.28. The van der Waals surface area contributed by atoms with Gasteiger partial charge in [0.1, 0.15) is 0 Å². The molecular weight excluding hydrogens is 396 g/mol. The summed E-state index contributed by atoms with van der Waals surface area (Å²) in [6.45, 7) is 0.984. The number of likely N-dealkylation sites (tertiary alicyclic amines) is 1. The Morgan fingerprint density at radius 3 is 2.42 bits per heavy atom. The molecule has 1 aliphatic rings. The predicted molar refractivity (Wildman–Crippen MR) is 115 cm³/mol. The van der Waals surface area contributed by atoms with Crippen molar-refractivity contribution in [2.75, 3.05) is 23.7 Å². The Morgan fingerprint density at radius 1 is 0.935 bits per heavy atom. The van der Waals surface area contributed by atoms with Gasteiger partial charge in [-0.05, 0) is 55.3 Å². The van der Waals surface area contributed by atoms with Crippen molar-refractivity contribution in [3.05, 3.63) is 78.5 Å². The molecule has 2 aromatic heterocycles. The predicted octanol–water partition coefficient (Wildman–Crippen LogP) is 3.42. The number of nitrogens with one attached hydrogen (secondary N) is 2. The minimum Gasteiger partial charge on any atom is -0.459 e. The summed E-state index contributed by atoms with van der Waals surface area (Å²) in [5, 5.41) is 5.68. The highest BCUT2D eigenvalue weighted by molar-refractivity contribution is 6.05. The number of amides is 3. The number of aromatic nitrogens is 1. The smallest absolute Gasteiger partial charge is 0.289 e. The van der Waals surface area contributed by atoms with Crippen molar-refractivity contribution >= 4 is 29.1 Å². The van der Waals surface area contributed by atoms with Crippen molar-refractivity contribution in [1.29, 1.82) is 0 Å². The van der Waals surface area contributed by atoms with Gasteiger partial charge in [-0.15, -0.1) is 0 Å². The summed E-state index contributed by atoms with van der Waals surface area (Å²) in [6.07, 6.45) is 5.80. The number of nitrogens with zero attached hydrogens (tertiary/aromatic N) is 2. The van der Waals surface area contributed by atoms with Gasteiger partial charge in [-0.2, -0.15) is 0 Å². The fraction of sp³-hybridized carbons (Fsp3) is 0.217. The molecule has 0 spiro atoms. The Labute approximate surface area is 179 Å². The lowest BCUT2D eigenvalue weighted by Gasteiger charge is -2.30. The summed E-state index contributed by atoms with van der Waals surface area (Å²) in [7, 11) is 0. The Hall–Kier alpha value is -3.94. The maximum atomic E-state index is 12.7. The second-order valence-corrected chi connectivity index (χ2v) is 7.30. The minimum atomic E-state index is -0.271. The normalized spacial score (nSPS) is 14.1. The largest absolute Gasteiger partial charge is 0.459 e. The third-order valence-corrected chi connectivity index (χ3v) is 5.22. The van der Waals surface area contributed by atoms with Crippen LogP contribution in [0.5, 0.6) is 0 Å². The Morgan fingerprint density at radius 2 is 1.71 bits per heavy atom. The number of furan rings is 1. The lowest BCUT2D eigenvalue weighted by molar-refractivity contribution is -0.121. The summed E-state index contributed by atoms with van der Waals surface area (Å²) in [6, 6.07) is 13.5. The number of benzene rings is 1. The molecule has 3 aromatic rings. The summed E-state index contributed by atoms with van der Waals surface area (Å²) in [5.74, 6) is -0.430. The van der Waals surface area contributed by atoms with Gasteiger partial charge in [0.2, 0.25) is 5.91 Å². The lowest BCUT2D eigenvalue weighted by atomic mass is 9.95. The van der Waals surface area contributed by atoms with Gasteiger partial charge in [-0.25, -0.2) is 0 Å². The van der Waals surface area contributed by atoms with Crippen LogP contribution < -0.4 is 10.6 Å². The second kappa shape index (κ2) is 9.25. The van der Waals surface area contributed by atoms with Crippen molar-refractivity contribution in [3.63, 3.8) is 0 Å². The van der Waals surface area contributed by atoms with E-state index in [9.17, 15) is 14.4 Å². The molecule has 8 heteroatoms. The number of carbonyl (C=O) groups is 3. The number of pyridine rings is 1. The average Bonchev–Trinajstić information content (AvgIpc) is 3.34. The van der Waals surface area contributed by atoms with E-state index >= 15 is 0 Å². The van der Waals surface area contributed by atoms with Gasteiger partial charge in [0.25, 0.3) is 11.8 Å². The van der Waals surface area contributed by atoms with Crippen molar-refractivity contribution in [1.82, 2.24) is 9.88 Å². The Balaban J connectivity index is 1.32. The van der Waals surface area contributed by atoms with Crippen molar-refractivity contribution in [3.8, 4) is 0 Å². The van der Waals surface area contributed by atoms with Crippen LogP contribution in [0.15, 0.2) is 71.6 Å². The molecule has 4 rings (SSSR count). The number of rotatable bonds is 5. The first-order valence-electron chi connectivity index (χ1n) is 10.1. The minimum absolute atomic E-state index is 0.114. The Bertz CT molecular complexity index is 1060. The fourth-order valence-electron chi connectivity index (χ4n) is 3.52. The maximum Gasteiger partial charge on any atom is 0.289 e. The van der Waals surface area contributed by atoms with E-state index in [1.165, 1.54) is 6.26 Å². The third kappa shape index (κ3) is 4.98. The van der Waals surface area contributed by atoms with Crippen molar-refractivity contribution in [2.24, 2.45) is 5.92 Å². The first-order chi connectivity index (χ1) is 15.1. The van der Waals surface area contributed by atoms with Crippen LogP contribution in [0.3, 0.4) is 0 Å². The van der Waals surface area contributed by atoms with Gasteiger partial charge >= 0.3 is 0 Å². The van der Waals surface area contributed by atoms with Crippen molar-refractivity contribution < 1.29 is 18.8 Å². The quantitative estimate of drug-likeness (QED) is 0.661. The molecule has 1 saturated heterocycles. The molecule has 0 saturated carbocycles. The van der Waals surface area contributed by atoms with E-state index in [1.54, 1.807) is 65.8 Å². The van der Waals surface area contributed by atoms with Crippen LogP contribution in [0.4, 0.5) is 11.4 Å². The second-order valence-electron chi connectivity index (χ2n) is 7.30. The van der Waals surface area contributed by atoms with E-state index in [0.717, 1.165) is 0 Å². The van der Waals surface area contributed by atoms with Crippen LogP contribution in [-0.4, -0.2) is 40.7 Å². The summed E-state index contributed by atoms with van der Waals surface area (Å²) < 4.78 is 5.16. The van der Waals surface area contributed by atoms with Gasteiger partial charge in [0, 0.05) is 48.3 Å². The lowest BCUT2D eigenvalue weighted by Crippen LogP contribution is -2.41. The van der Waals surface area contributed by atoms with E-state index in [-0.39, 0.29) is 23.6 Å². The monoisotopic (exact) mass is 418 g/mol. The maximum absolute atomic E-state index is 12.7. The van der Waals surface area contributed by atoms with E-state index in [4.69, 9.17) is 4.42 Å². The first-order valence-corrected chi connectivity index (χ1v) is 10.1. The fourth-order valence-corrected chi connectivity index (χ4v) is 3.52. The summed E-state index contributed by atoms with van der Waals surface area (Å²) in [5.41, 5.74) is 1.64. The summed E-state index contributed by atoms with van der Waals surface area (Å²) in [4.78, 5) is 43.1. The van der Waals surface area contributed by atoms with Crippen molar-refractivity contribution in [2.45, 2.75) is 12.8 Å². The number of hydrogen-bond acceptors (Lipinski definition) is 5. The highest BCUT2D eigenvalue weighted by Crippen LogP contribution is 2.22. The van der Waals surface area contributed by atoms with Gasteiger partial charge in [-0.3, -0.25) is 19.4 Å². The molecule has 0 radical (unpaired) electrons. The van der Waals surface area contributed by atoms with Crippen LogP contribution in [0, 0.1) is 5.92 Å². The molecule has 8 nitrogen and oxygen atoms in total. The zero-order chi connectivity index (χ0) is 21.6. The zero-order valence-electron chi connectivity index (χ0n) is 16.8. The topological polar surface area (TPSA) is 105 Å². The molecule has 0 aliphatic carbocycles. The van der Waals surface area contributed by atoms with Crippen LogP contribution in [0.2, 0.25) is 0 Å². The van der Waals surface area contributed by atoms with Gasteiger partial charge in [0.05, 0.1) is 6.26 Å². The molecule has 1 fully saturated rings. The highest BCUT2D eigenvalue weighted by atomic mass is 16.3. The molecule has 1 aromatic carbocycles. The van der Waals surface area contributed by atoms with E-state index in [0.29, 0.717) is 48.6 Å². The number of carbonyl (C=O) groups excluding carboxylic acids is 3. The standard InChI is InChI=1S/C23H22N4O4/c28-21(16-8-12-27(13-9-16)23(30)20-5-2-14-31-20)26-19-4-1-3-17(15-19)22(29)25-18-6-10-24-11-7-18/h1-7,10-11,14-16H,8-9,12-13H2,(H,26,28)(H,24,25,29). The number of anilines is 2. The molecular formula is C23H22N4O4. The van der Waals surface area contributed by atoms with Crippen LogP contribution >= 0.6 is 0 Å².